The Hall–Kier alpha value is -3.39. The molecule has 4 unspecified atom stereocenters. The van der Waals surface area contributed by atoms with E-state index in [0.29, 0.717) is 5.69 Å². The van der Waals surface area contributed by atoms with Gasteiger partial charge in [0, 0.05) is 9.79 Å². The van der Waals surface area contributed by atoms with Gasteiger partial charge < -0.3 is 10.1 Å². The maximum atomic E-state index is 12.7. The van der Waals surface area contributed by atoms with Crippen LogP contribution in [0.5, 0.6) is 0 Å². The number of imide groups is 1. The third-order valence-corrected chi connectivity index (χ3v) is 7.43. The number of nitrogens with one attached hydrogen (secondary N) is 1. The van der Waals surface area contributed by atoms with Gasteiger partial charge in [0.05, 0.1) is 17.5 Å². The Morgan fingerprint density at radius 1 is 0.939 bits per heavy atom. The number of para-hydroxylation sites is 1. The van der Waals surface area contributed by atoms with Crippen LogP contribution < -0.4 is 5.32 Å². The number of hydrogen-bond acceptors (Lipinski definition) is 6. The number of benzene rings is 2. The zero-order chi connectivity index (χ0) is 22.9. The molecule has 2 fully saturated rings. The maximum absolute atomic E-state index is 12.7. The molecular formula is C25H22N2O5S. The van der Waals surface area contributed by atoms with E-state index in [1.807, 2.05) is 54.6 Å². The Bertz CT molecular complexity index is 1120. The third kappa shape index (κ3) is 4.18. The van der Waals surface area contributed by atoms with Gasteiger partial charge in [-0.25, -0.2) is 0 Å². The first-order valence-electron chi connectivity index (χ1n) is 10.8. The summed E-state index contributed by atoms with van der Waals surface area (Å²) in [5, 5.41) is 2.76. The lowest BCUT2D eigenvalue weighted by molar-refractivity contribution is -0.154. The molecular weight excluding hydrogens is 440 g/mol. The number of nitrogens with zero attached hydrogens (tertiary/aromatic N) is 1. The molecule has 0 aromatic heterocycles. The number of amides is 3. The van der Waals surface area contributed by atoms with Gasteiger partial charge in [-0.05, 0) is 42.5 Å². The van der Waals surface area contributed by atoms with Crippen molar-refractivity contribution in [2.75, 3.05) is 18.5 Å². The third-order valence-electron chi connectivity index (χ3n) is 6.35. The largest absolute Gasteiger partial charge is 0.454 e. The highest BCUT2D eigenvalue weighted by Gasteiger charge is 2.59. The lowest BCUT2D eigenvalue weighted by Gasteiger charge is -2.16. The fraction of sp³-hybridized carbons (Fsp3) is 0.280. The number of carbonyl (C=O) groups excluding carboxylic acids is 4. The topological polar surface area (TPSA) is 92.8 Å². The van der Waals surface area contributed by atoms with Crippen molar-refractivity contribution in [2.45, 2.75) is 16.2 Å². The molecule has 2 bridgehead atoms. The molecule has 2 aromatic rings. The molecule has 8 heteroatoms. The smallest absolute Gasteiger partial charge is 0.326 e. The van der Waals surface area contributed by atoms with Crippen LogP contribution >= 0.6 is 11.8 Å². The van der Waals surface area contributed by atoms with Crippen molar-refractivity contribution in [1.82, 2.24) is 4.90 Å². The number of fused-ring (bicyclic) bond motifs is 5. The highest BCUT2D eigenvalue weighted by molar-refractivity contribution is 7.99. The van der Waals surface area contributed by atoms with Gasteiger partial charge in [-0.2, -0.15) is 0 Å². The number of likely N-dealkylation sites (tertiary alicyclic amines) is 1. The fourth-order valence-electron chi connectivity index (χ4n) is 4.90. The summed E-state index contributed by atoms with van der Waals surface area (Å²) in [5.74, 6) is -2.45. The average Bonchev–Trinajstić information content (AvgIpc) is 3.50. The second-order valence-electron chi connectivity index (χ2n) is 8.38. The summed E-state index contributed by atoms with van der Waals surface area (Å²) in [5.41, 5.74) is 0.605. The standard InChI is InChI=1S/C25H22N2O5S/c28-20(26-18-8-4-5-9-19(18)33-17-6-2-1-3-7-17)14-32-21(29)13-27-24(30)22-15-10-11-16(12-15)23(22)25(27)31/h1-11,15-16,22-23H,12-14H2,(H,26,28). The van der Waals surface area contributed by atoms with Crippen molar-refractivity contribution in [2.24, 2.45) is 23.7 Å². The number of carbonyl (C=O) groups is 4. The lowest BCUT2D eigenvalue weighted by atomic mass is 9.85. The zero-order valence-electron chi connectivity index (χ0n) is 17.7. The van der Waals surface area contributed by atoms with Gasteiger partial charge in [0.2, 0.25) is 11.8 Å². The summed E-state index contributed by atoms with van der Waals surface area (Å²) >= 11 is 1.51. The number of anilines is 1. The Morgan fingerprint density at radius 2 is 1.58 bits per heavy atom. The number of esters is 1. The minimum absolute atomic E-state index is 0.0806. The van der Waals surface area contributed by atoms with Crippen molar-refractivity contribution in [3.63, 3.8) is 0 Å². The SMILES string of the molecule is O=C(COC(=O)CN1C(=O)C2C3C=CC(C3)C2C1=O)Nc1ccccc1Sc1ccccc1. The summed E-state index contributed by atoms with van der Waals surface area (Å²) in [6.07, 6.45) is 4.82. The molecule has 168 valence electrons. The summed E-state index contributed by atoms with van der Waals surface area (Å²) in [4.78, 5) is 52.9. The van der Waals surface area contributed by atoms with Crippen molar-refractivity contribution in [3.05, 3.63) is 66.7 Å². The summed E-state index contributed by atoms with van der Waals surface area (Å²) in [7, 11) is 0. The Balaban J connectivity index is 1.14. The second kappa shape index (κ2) is 8.86. The van der Waals surface area contributed by atoms with E-state index in [0.717, 1.165) is 21.1 Å². The van der Waals surface area contributed by atoms with E-state index in [4.69, 9.17) is 4.74 Å². The predicted octanol–water partition coefficient (Wildman–Crippen LogP) is 3.13. The zero-order valence-corrected chi connectivity index (χ0v) is 18.5. The Kier molecular flexibility index (Phi) is 5.76. The molecule has 0 spiro atoms. The number of ether oxygens (including phenoxy) is 1. The fourth-order valence-corrected chi connectivity index (χ4v) is 5.82. The first-order valence-corrected chi connectivity index (χ1v) is 11.6. The van der Waals surface area contributed by atoms with Crippen LogP contribution in [0.25, 0.3) is 0 Å². The van der Waals surface area contributed by atoms with Crippen LogP contribution in [-0.4, -0.2) is 41.7 Å². The molecule has 2 aromatic carbocycles. The van der Waals surface area contributed by atoms with Crippen molar-refractivity contribution in [3.8, 4) is 0 Å². The molecule has 5 rings (SSSR count). The van der Waals surface area contributed by atoms with E-state index in [1.165, 1.54) is 11.8 Å². The van der Waals surface area contributed by atoms with E-state index >= 15 is 0 Å². The molecule has 2 aliphatic carbocycles. The summed E-state index contributed by atoms with van der Waals surface area (Å²) in [6, 6.07) is 17.1. The van der Waals surface area contributed by atoms with Gasteiger partial charge in [0.25, 0.3) is 5.91 Å². The van der Waals surface area contributed by atoms with E-state index in [2.05, 4.69) is 5.32 Å². The van der Waals surface area contributed by atoms with Crippen molar-refractivity contribution >= 4 is 41.1 Å². The van der Waals surface area contributed by atoms with Crippen LogP contribution in [0.3, 0.4) is 0 Å². The molecule has 7 nitrogen and oxygen atoms in total. The van der Waals surface area contributed by atoms with Crippen LogP contribution in [-0.2, 0) is 23.9 Å². The van der Waals surface area contributed by atoms with Gasteiger partial charge in [0.15, 0.2) is 6.61 Å². The monoisotopic (exact) mass is 462 g/mol. The van der Waals surface area contributed by atoms with Crippen LogP contribution in [0.4, 0.5) is 5.69 Å². The first kappa shape index (κ1) is 21.5. The lowest BCUT2D eigenvalue weighted by Crippen LogP contribution is -2.38. The van der Waals surface area contributed by atoms with Gasteiger partial charge >= 0.3 is 5.97 Å². The molecule has 1 aliphatic heterocycles. The normalized spacial score (nSPS) is 24.8. The minimum atomic E-state index is -0.779. The van der Waals surface area contributed by atoms with E-state index in [9.17, 15) is 19.2 Å². The van der Waals surface area contributed by atoms with E-state index in [-0.39, 0.29) is 35.5 Å². The summed E-state index contributed by atoms with van der Waals surface area (Å²) < 4.78 is 5.06. The molecule has 1 saturated carbocycles. The van der Waals surface area contributed by atoms with Crippen LogP contribution in [0.2, 0.25) is 0 Å². The molecule has 1 heterocycles. The predicted molar refractivity (Wildman–Crippen MR) is 121 cm³/mol. The molecule has 1 N–H and O–H groups in total. The summed E-state index contributed by atoms with van der Waals surface area (Å²) in [6.45, 7) is -0.961. The Labute approximate surface area is 195 Å². The second-order valence-corrected chi connectivity index (χ2v) is 9.50. The highest BCUT2D eigenvalue weighted by Crippen LogP contribution is 2.52. The highest BCUT2D eigenvalue weighted by atomic mass is 32.2. The van der Waals surface area contributed by atoms with E-state index < -0.39 is 25.0 Å². The molecule has 3 aliphatic rings. The van der Waals surface area contributed by atoms with Gasteiger partial charge in [0.1, 0.15) is 6.54 Å². The maximum Gasteiger partial charge on any atom is 0.326 e. The first-order chi connectivity index (χ1) is 16.0. The molecule has 0 radical (unpaired) electrons. The minimum Gasteiger partial charge on any atom is -0.454 e. The van der Waals surface area contributed by atoms with Crippen LogP contribution in [0, 0.1) is 23.7 Å². The molecule has 33 heavy (non-hydrogen) atoms. The number of allylic oxidation sites excluding steroid dienone is 2. The number of rotatable bonds is 7. The van der Waals surface area contributed by atoms with Crippen LogP contribution in [0.1, 0.15) is 6.42 Å². The van der Waals surface area contributed by atoms with Gasteiger partial charge in [-0.3, -0.25) is 24.1 Å². The Morgan fingerprint density at radius 3 is 2.27 bits per heavy atom. The molecule has 3 amide bonds. The average molecular weight is 463 g/mol. The van der Waals surface area contributed by atoms with Gasteiger partial charge in [-0.1, -0.05) is 54.2 Å². The number of hydrogen-bond donors (Lipinski definition) is 1. The molecule has 4 atom stereocenters. The van der Waals surface area contributed by atoms with E-state index in [1.54, 1.807) is 12.1 Å². The van der Waals surface area contributed by atoms with Gasteiger partial charge in [-0.15, -0.1) is 0 Å². The molecule has 1 saturated heterocycles. The van der Waals surface area contributed by atoms with Crippen LogP contribution in [0.15, 0.2) is 76.5 Å². The quantitative estimate of drug-likeness (QED) is 0.386. The van der Waals surface area contributed by atoms with Crippen molar-refractivity contribution < 1.29 is 23.9 Å². The van der Waals surface area contributed by atoms with Crippen molar-refractivity contribution in [1.29, 1.82) is 0 Å².